The lowest BCUT2D eigenvalue weighted by molar-refractivity contribution is -0.116. The van der Waals surface area contributed by atoms with E-state index in [1.54, 1.807) is 23.2 Å². The Morgan fingerprint density at radius 3 is 2.95 bits per heavy atom. The monoisotopic (exact) mass is 309 g/mol. The summed E-state index contributed by atoms with van der Waals surface area (Å²) in [5.74, 6) is 0.944. The first-order valence-electron chi connectivity index (χ1n) is 8.09. The van der Waals surface area contributed by atoms with Gasteiger partial charge in [-0.05, 0) is 25.7 Å². The van der Waals surface area contributed by atoms with E-state index in [1.165, 1.54) is 32.1 Å². The standard InChI is InChI=1S/C16H27N3OS/c1-4-13-7-6-8-14(9-13)17-10-15-11-21-16(18-15)19(5-2)12(3)20/h11,13-14,17H,4-10H2,1-3H3. The van der Waals surface area contributed by atoms with E-state index in [0.717, 1.165) is 23.3 Å². The lowest BCUT2D eigenvalue weighted by Gasteiger charge is -2.29. The highest BCUT2D eigenvalue weighted by Gasteiger charge is 2.20. The molecule has 1 aliphatic carbocycles. The number of hydrogen-bond donors (Lipinski definition) is 1. The number of rotatable bonds is 6. The number of nitrogens with zero attached hydrogens (tertiary/aromatic N) is 2. The largest absolute Gasteiger partial charge is 0.308 e. The number of thiazole rings is 1. The molecule has 1 amide bonds. The highest BCUT2D eigenvalue weighted by molar-refractivity contribution is 7.14. The average Bonchev–Trinajstić information content (AvgIpc) is 2.94. The van der Waals surface area contributed by atoms with Crippen LogP contribution in [0.5, 0.6) is 0 Å². The van der Waals surface area contributed by atoms with Crippen molar-refractivity contribution >= 4 is 22.4 Å². The van der Waals surface area contributed by atoms with E-state index in [4.69, 9.17) is 0 Å². The fourth-order valence-corrected chi connectivity index (χ4v) is 4.02. The highest BCUT2D eigenvalue weighted by Crippen LogP contribution is 2.27. The Morgan fingerprint density at radius 1 is 1.48 bits per heavy atom. The topological polar surface area (TPSA) is 45.2 Å². The summed E-state index contributed by atoms with van der Waals surface area (Å²) < 4.78 is 0. The second-order valence-corrected chi connectivity index (χ2v) is 6.74. The molecule has 0 bridgehead atoms. The molecule has 0 aliphatic heterocycles. The number of hydrogen-bond acceptors (Lipinski definition) is 4. The van der Waals surface area contributed by atoms with Gasteiger partial charge in [-0.25, -0.2) is 4.98 Å². The Bertz CT molecular complexity index is 460. The minimum Gasteiger partial charge on any atom is -0.308 e. The Hall–Kier alpha value is -0.940. The van der Waals surface area contributed by atoms with Crippen LogP contribution in [-0.4, -0.2) is 23.5 Å². The molecule has 21 heavy (non-hydrogen) atoms. The van der Waals surface area contributed by atoms with Gasteiger partial charge in [0.05, 0.1) is 5.69 Å². The molecule has 1 saturated carbocycles. The fourth-order valence-electron chi connectivity index (χ4n) is 3.09. The molecule has 0 radical (unpaired) electrons. The zero-order chi connectivity index (χ0) is 15.2. The van der Waals surface area contributed by atoms with Gasteiger partial charge in [0.25, 0.3) is 0 Å². The zero-order valence-corrected chi connectivity index (χ0v) is 14.2. The molecule has 1 heterocycles. The lowest BCUT2D eigenvalue weighted by atomic mass is 9.84. The third-order valence-corrected chi connectivity index (χ3v) is 5.31. The normalized spacial score (nSPS) is 22.2. The van der Waals surface area contributed by atoms with Gasteiger partial charge in [-0.3, -0.25) is 9.69 Å². The summed E-state index contributed by atoms with van der Waals surface area (Å²) >= 11 is 1.56. The molecule has 1 aliphatic rings. The number of nitrogens with one attached hydrogen (secondary N) is 1. The van der Waals surface area contributed by atoms with Gasteiger partial charge in [0.1, 0.15) is 0 Å². The molecule has 118 valence electrons. The smallest absolute Gasteiger partial charge is 0.225 e. The maximum absolute atomic E-state index is 11.5. The minimum absolute atomic E-state index is 0.0597. The highest BCUT2D eigenvalue weighted by atomic mass is 32.1. The first kappa shape index (κ1) is 16.4. The fraction of sp³-hybridized carbons (Fsp3) is 0.750. The predicted octanol–water partition coefficient (Wildman–Crippen LogP) is 3.57. The van der Waals surface area contributed by atoms with Gasteiger partial charge in [-0.2, -0.15) is 0 Å². The van der Waals surface area contributed by atoms with E-state index >= 15 is 0 Å². The second kappa shape index (κ2) is 7.90. The van der Waals surface area contributed by atoms with E-state index in [-0.39, 0.29) is 5.91 Å². The molecular weight excluding hydrogens is 282 g/mol. The number of carbonyl (C=O) groups excluding carboxylic acids is 1. The maximum Gasteiger partial charge on any atom is 0.225 e. The summed E-state index contributed by atoms with van der Waals surface area (Å²) in [7, 11) is 0. The third kappa shape index (κ3) is 4.51. The zero-order valence-electron chi connectivity index (χ0n) is 13.4. The molecule has 1 aromatic heterocycles. The van der Waals surface area contributed by atoms with Crippen LogP contribution < -0.4 is 10.2 Å². The first-order chi connectivity index (χ1) is 10.1. The van der Waals surface area contributed by atoms with E-state index < -0.39 is 0 Å². The third-order valence-electron chi connectivity index (χ3n) is 4.40. The van der Waals surface area contributed by atoms with Crippen molar-refractivity contribution in [2.45, 2.75) is 65.5 Å². The summed E-state index contributed by atoms with van der Waals surface area (Å²) in [5, 5.41) is 6.52. The number of amides is 1. The van der Waals surface area contributed by atoms with Crippen LogP contribution in [0.2, 0.25) is 0 Å². The molecular formula is C16H27N3OS. The second-order valence-electron chi connectivity index (χ2n) is 5.90. The molecule has 0 aromatic carbocycles. The van der Waals surface area contributed by atoms with Crippen LogP contribution >= 0.6 is 11.3 Å². The molecule has 5 heteroatoms. The lowest BCUT2D eigenvalue weighted by Crippen LogP contribution is -2.33. The van der Waals surface area contributed by atoms with Crippen molar-refractivity contribution < 1.29 is 4.79 Å². The summed E-state index contributed by atoms with van der Waals surface area (Å²) in [6.45, 7) is 7.35. The Morgan fingerprint density at radius 2 is 2.29 bits per heavy atom. The van der Waals surface area contributed by atoms with Crippen molar-refractivity contribution in [3.63, 3.8) is 0 Å². The van der Waals surface area contributed by atoms with Crippen LogP contribution in [0.1, 0.15) is 58.6 Å². The molecule has 2 unspecified atom stereocenters. The minimum atomic E-state index is 0.0597. The van der Waals surface area contributed by atoms with Gasteiger partial charge in [0.2, 0.25) is 5.91 Å². The van der Waals surface area contributed by atoms with Crippen molar-refractivity contribution in [3.05, 3.63) is 11.1 Å². The van der Waals surface area contributed by atoms with Crippen molar-refractivity contribution in [1.82, 2.24) is 10.3 Å². The molecule has 4 nitrogen and oxygen atoms in total. The van der Waals surface area contributed by atoms with E-state index in [1.807, 2.05) is 6.92 Å². The molecule has 0 spiro atoms. The van der Waals surface area contributed by atoms with Crippen molar-refractivity contribution in [2.24, 2.45) is 5.92 Å². The Labute approximate surface area is 132 Å². The summed E-state index contributed by atoms with van der Waals surface area (Å²) in [6, 6.07) is 0.629. The molecule has 1 N–H and O–H groups in total. The Kier molecular flexibility index (Phi) is 6.18. The first-order valence-corrected chi connectivity index (χ1v) is 8.97. The number of carbonyl (C=O) groups is 1. The van der Waals surface area contributed by atoms with Gasteiger partial charge in [-0.15, -0.1) is 11.3 Å². The van der Waals surface area contributed by atoms with Gasteiger partial charge in [0, 0.05) is 31.4 Å². The van der Waals surface area contributed by atoms with E-state index in [0.29, 0.717) is 12.6 Å². The number of aromatic nitrogens is 1. The van der Waals surface area contributed by atoms with E-state index in [2.05, 4.69) is 22.6 Å². The van der Waals surface area contributed by atoms with Crippen molar-refractivity contribution in [3.8, 4) is 0 Å². The maximum atomic E-state index is 11.5. The molecule has 1 aromatic rings. The molecule has 1 fully saturated rings. The quantitative estimate of drug-likeness (QED) is 0.873. The summed E-state index contributed by atoms with van der Waals surface area (Å²) in [6.07, 6.45) is 6.60. The van der Waals surface area contributed by atoms with Gasteiger partial charge in [-0.1, -0.05) is 26.2 Å². The van der Waals surface area contributed by atoms with Crippen LogP contribution in [0, 0.1) is 5.92 Å². The summed E-state index contributed by atoms with van der Waals surface area (Å²) in [4.78, 5) is 17.8. The van der Waals surface area contributed by atoms with Gasteiger partial charge in [0.15, 0.2) is 5.13 Å². The molecule has 2 atom stereocenters. The number of anilines is 1. The van der Waals surface area contributed by atoms with Crippen LogP contribution in [0.3, 0.4) is 0 Å². The van der Waals surface area contributed by atoms with Crippen LogP contribution in [0.25, 0.3) is 0 Å². The molecule has 0 saturated heterocycles. The predicted molar refractivity (Wildman–Crippen MR) is 88.7 cm³/mol. The van der Waals surface area contributed by atoms with Crippen molar-refractivity contribution in [1.29, 1.82) is 0 Å². The summed E-state index contributed by atoms with van der Waals surface area (Å²) in [5.41, 5.74) is 1.05. The van der Waals surface area contributed by atoms with Crippen LogP contribution in [-0.2, 0) is 11.3 Å². The van der Waals surface area contributed by atoms with Crippen LogP contribution in [0.15, 0.2) is 5.38 Å². The van der Waals surface area contributed by atoms with Crippen LogP contribution in [0.4, 0.5) is 5.13 Å². The SMILES string of the molecule is CCC1CCCC(NCc2csc(N(CC)C(C)=O)n2)C1. The average molecular weight is 309 g/mol. The van der Waals surface area contributed by atoms with Gasteiger partial charge < -0.3 is 5.32 Å². The Balaban J connectivity index is 1.86. The van der Waals surface area contributed by atoms with E-state index in [9.17, 15) is 4.79 Å². The van der Waals surface area contributed by atoms with Gasteiger partial charge >= 0.3 is 0 Å². The van der Waals surface area contributed by atoms with Crippen molar-refractivity contribution in [2.75, 3.05) is 11.4 Å². The molecule has 2 rings (SSSR count).